The zero-order valence-electron chi connectivity index (χ0n) is 13.1. The van der Waals surface area contributed by atoms with E-state index in [1.165, 1.54) is 0 Å². The van der Waals surface area contributed by atoms with E-state index >= 15 is 0 Å². The molecule has 0 aromatic carbocycles. The molecule has 1 aliphatic heterocycles. The smallest absolute Gasteiger partial charge is 0.327 e. The maximum atomic E-state index is 12.3. The number of nitrogens with zero attached hydrogens (tertiary/aromatic N) is 4. The number of aromatic nitrogens is 3. The summed E-state index contributed by atoms with van der Waals surface area (Å²) in [5.74, 6) is 0.758. The van der Waals surface area contributed by atoms with Gasteiger partial charge in [0.1, 0.15) is 17.7 Å². The summed E-state index contributed by atoms with van der Waals surface area (Å²) in [6.45, 7) is 10.1. The van der Waals surface area contributed by atoms with Crippen LogP contribution in [0.25, 0.3) is 0 Å². The molecule has 1 aliphatic rings. The van der Waals surface area contributed by atoms with Gasteiger partial charge in [-0.2, -0.15) is 0 Å². The Morgan fingerprint density at radius 2 is 2.29 bits per heavy atom. The van der Waals surface area contributed by atoms with Crippen molar-refractivity contribution in [2.24, 2.45) is 0 Å². The van der Waals surface area contributed by atoms with Gasteiger partial charge in [-0.3, -0.25) is 9.69 Å². The molecule has 1 aromatic rings. The average Bonchev–Trinajstić information content (AvgIpc) is 2.93. The number of carbonyl (C=O) groups is 1. The Labute approximate surface area is 125 Å². The average molecular weight is 295 g/mol. The number of carbonyl (C=O) groups excluding carboxylic acids is 1. The van der Waals surface area contributed by atoms with E-state index in [9.17, 15) is 4.79 Å². The molecule has 0 bridgehead atoms. The lowest BCUT2D eigenvalue weighted by atomic mass is 10.0. The van der Waals surface area contributed by atoms with Crippen molar-refractivity contribution in [2.45, 2.75) is 45.8 Å². The second-order valence-electron chi connectivity index (χ2n) is 5.63. The van der Waals surface area contributed by atoms with Gasteiger partial charge in [0.05, 0.1) is 13.2 Å². The highest BCUT2D eigenvalue weighted by Crippen LogP contribution is 2.15. The summed E-state index contributed by atoms with van der Waals surface area (Å²) in [6, 6.07) is 0. The summed E-state index contributed by atoms with van der Waals surface area (Å²) < 4.78 is 7.29. The Morgan fingerprint density at radius 3 is 3.00 bits per heavy atom. The van der Waals surface area contributed by atoms with Crippen molar-refractivity contribution in [3.8, 4) is 0 Å². The van der Waals surface area contributed by atoms with Gasteiger partial charge in [-0.25, -0.2) is 0 Å². The van der Waals surface area contributed by atoms with E-state index in [1.807, 2.05) is 13.8 Å². The van der Waals surface area contributed by atoms with Gasteiger partial charge in [-0.1, -0.05) is 6.92 Å². The van der Waals surface area contributed by atoms with Crippen LogP contribution in [0.1, 0.15) is 33.0 Å². The fraction of sp³-hybridized carbons (Fsp3) is 0.786. The predicted molar refractivity (Wildman–Crippen MR) is 78.6 cm³/mol. The van der Waals surface area contributed by atoms with Crippen LogP contribution in [0.15, 0.2) is 6.33 Å². The summed E-state index contributed by atoms with van der Waals surface area (Å²) in [5, 5.41) is 11.4. The molecule has 0 radical (unpaired) electrons. The first-order valence-corrected chi connectivity index (χ1v) is 7.60. The van der Waals surface area contributed by atoms with Crippen molar-refractivity contribution in [3.63, 3.8) is 0 Å². The zero-order chi connectivity index (χ0) is 15.3. The molecule has 0 saturated carbocycles. The second kappa shape index (κ2) is 7.00. The summed E-state index contributed by atoms with van der Waals surface area (Å²) in [5.41, 5.74) is -0.686. The van der Waals surface area contributed by atoms with Crippen molar-refractivity contribution < 1.29 is 9.53 Å². The third-order valence-corrected chi connectivity index (χ3v) is 3.75. The highest BCUT2D eigenvalue weighted by atomic mass is 16.5. The van der Waals surface area contributed by atoms with Crippen LogP contribution in [0.3, 0.4) is 0 Å². The molecule has 1 unspecified atom stereocenters. The van der Waals surface area contributed by atoms with Gasteiger partial charge in [0.25, 0.3) is 0 Å². The fourth-order valence-corrected chi connectivity index (χ4v) is 2.58. The molecular formula is C14H25N5O2. The van der Waals surface area contributed by atoms with Crippen LogP contribution in [0.5, 0.6) is 0 Å². The van der Waals surface area contributed by atoms with Crippen molar-refractivity contribution in [3.05, 3.63) is 12.2 Å². The van der Waals surface area contributed by atoms with E-state index in [0.29, 0.717) is 19.7 Å². The number of fused-ring (bicyclic) bond motifs is 1. The SMILES string of the molecule is CCCNC(C)(CN1CCn2cnnc2C1)C(=O)OCC. The summed E-state index contributed by atoms with van der Waals surface area (Å²) in [6.07, 6.45) is 2.73. The van der Waals surface area contributed by atoms with Crippen LogP contribution < -0.4 is 5.32 Å². The minimum absolute atomic E-state index is 0.189. The summed E-state index contributed by atoms with van der Waals surface area (Å²) in [4.78, 5) is 14.5. The van der Waals surface area contributed by atoms with Crippen LogP contribution in [0.4, 0.5) is 0 Å². The predicted octanol–water partition coefficient (Wildman–Crippen LogP) is 0.415. The van der Waals surface area contributed by atoms with Gasteiger partial charge in [0.2, 0.25) is 0 Å². The van der Waals surface area contributed by atoms with E-state index in [1.54, 1.807) is 6.33 Å². The van der Waals surface area contributed by atoms with Gasteiger partial charge < -0.3 is 14.6 Å². The van der Waals surface area contributed by atoms with Crippen molar-refractivity contribution in [2.75, 3.05) is 26.2 Å². The monoisotopic (exact) mass is 295 g/mol. The lowest BCUT2D eigenvalue weighted by Gasteiger charge is -2.36. The maximum Gasteiger partial charge on any atom is 0.327 e. The second-order valence-corrected chi connectivity index (χ2v) is 5.63. The van der Waals surface area contributed by atoms with Gasteiger partial charge in [0.15, 0.2) is 0 Å². The van der Waals surface area contributed by atoms with Crippen LogP contribution in [-0.2, 0) is 22.6 Å². The molecule has 0 fully saturated rings. The highest BCUT2D eigenvalue weighted by molar-refractivity contribution is 5.80. The molecule has 0 spiro atoms. The lowest BCUT2D eigenvalue weighted by molar-refractivity contribution is -0.151. The molecule has 2 rings (SSSR count). The van der Waals surface area contributed by atoms with E-state index < -0.39 is 5.54 Å². The first-order valence-electron chi connectivity index (χ1n) is 7.60. The number of rotatable bonds is 7. The Kier molecular flexibility index (Phi) is 5.30. The van der Waals surface area contributed by atoms with Crippen molar-refractivity contribution in [1.82, 2.24) is 25.0 Å². The standard InChI is InChI=1S/C14H25N5O2/c1-4-6-15-14(3,13(20)21-5-2)10-18-7-8-19-11-16-17-12(19)9-18/h11,15H,4-10H2,1-3H3. The van der Waals surface area contributed by atoms with Crippen LogP contribution in [0.2, 0.25) is 0 Å². The third kappa shape index (κ3) is 3.79. The Balaban J connectivity index is 2.03. The molecular weight excluding hydrogens is 270 g/mol. The minimum Gasteiger partial charge on any atom is -0.465 e. The Hall–Kier alpha value is -1.47. The van der Waals surface area contributed by atoms with Crippen LogP contribution >= 0.6 is 0 Å². The van der Waals surface area contributed by atoms with Gasteiger partial charge in [-0.15, -0.1) is 10.2 Å². The fourth-order valence-electron chi connectivity index (χ4n) is 2.58. The molecule has 1 atom stereocenters. The molecule has 1 aromatic heterocycles. The maximum absolute atomic E-state index is 12.3. The molecule has 0 saturated heterocycles. The number of ether oxygens (including phenoxy) is 1. The molecule has 1 N–H and O–H groups in total. The molecule has 7 heteroatoms. The normalized spacial score (nSPS) is 18.0. The van der Waals surface area contributed by atoms with Crippen LogP contribution in [-0.4, -0.2) is 57.4 Å². The number of hydrogen-bond acceptors (Lipinski definition) is 6. The minimum atomic E-state index is -0.686. The van der Waals surface area contributed by atoms with Gasteiger partial charge in [0, 0.05) is 19.6 Å². The third-order valence-electron chi connectivity index (χ3n) is 3.75. The molecule has 0 aliphatic carbocycles. The van der Waals surface area contributed by atoms with E-state index in [4.69, 9.17) is 4.74 Å². The molecule has 7 nitrogen and oxygen atoms in total. The zero-order valence-corrected chi connectivity index (χ0v) is 13.1. The number of esters is 1. The van der Waals surface area contributed by atoms with E-state index in [-0.39, 0.29) is 5.97 Å². The van der Waals surface area contributed by atoms with Crippen LogP contribution in [0, 0.1) is 0 Å². The number of nitrogens with one attached hydrogen (secondary N) is 1. The largest absolute Gasteiger partial charge is 0.465 e. The quantitative estimate of drug-likeness (QED) is 0.735. The summed E-state index contributed by atoms with van der Waals surface area (Å²) in [7, 11) is 0. The molecule has 0 amide bonds. The first-order chi connectivity index (χ1) is 10.1. The lowest BCUT2D eigenvalue weighted by Crippen LogP contribution is -2.58. The number of hydrogen-bond donors (Lipinski definition) is 1. The topological polar surface area (TPSA) is 72.3 Å². The van der Waals surface area contributed by atoms with E-state index in [2.05, 4.69) is 31.9 Å². The van der Waals surface area contributed by atoms with Gasteiger partial charge in [-0.05, 0) is 26.8 Å². The Bertz CT molecular complexity index is 476. The summed E-state index contributed by atoms with van der Waals surface area (Å²) >= 11 is 0. The molecule has 21 heavy (non-hydrogen) atoms. The van der Waals surface area contributed by atoms with Crippen molar-refractivity contribution >= 4 is 5.97 Å². The highest BCUT2D eigenvalue weighted by Gasteiger charge is 2.37. The Morgan fingerprint density at radius 1 is 1.48 bits per heavy atom. The molecule has 118 valence electrons. The van der Waals surface area contributed by atoms with Crippen molar-refractivity contribution in [1.29, 1.82) is 0 Å². The van der Waals surface area contributed by atoms with Gasteiger partial charge >= 0.3 is 5.97 Å². The first kappa shape index (κ1) is 15.9. The molecule has 2 heterocycles. The van der Waals surface area contributed by atoms with E-state index in [0.717, 1.165) is 31.9 Å².